The molecule has 0 spiro atoms. The van der Waals surface area contributed by atoms with E-state index in [-0.39, 0.29) is 0 Å². The van der Waals surface area contributed by atoms with Gasteiger partial charge in [-0.3, -0.25) is 0 Å². The molecule has 2 nitrogen and oxygen atoms in total. The summed E-state index contributed by atoms with van der Waals surface area (Å²) in [6.07, 6.45) is 7.70. The van der Waals surface area contributed by atoms with Gasteiger partial charge in [-0.2, -0.15) is 0 Å². The fraction of sp³-hybridized carbons (Fsp3) is 0.474. The van der Waals surface area contributed by atoms with Crippen molar-refractivity contribution >= 4 is 0 Å². The summed E-state index contributed by atoms with van der Waals surface area (Å²) in [7, 11) is 0. The normalized spacial score (nSPS) is 19.2. The summed E-state index contributed by atoms with van der Waals surface area (Å²) < 4.78 is 5.58. The van der Waals surface area contributed by atoms with E-state index < -0.39 is 0 Å². The summed E-state index contributed by atoms with van der Waals surface area (Å²) in [6.45, 7) is 4.48. The highest BCUT2D eigenvalue weighted by Gasteiger charge is 2.23. The Hall–Kier alpha value is -1.54. The molecule has 2 unspecified atom stereocenters. The number of hydrogen-bond acceptors (Lipinski definition) is 2. The minimum Gasteiger partial charge on any atom is -0.469 e. The van der Waals surface area contributed by atoms with Crippen LogP contribution >= 0.6 is 0 Å². The quantitative estimate of drug-likeness (QED) is 0.839. The molecule has 1 heterocycles. The Morgan fingerprint density at radius 1 is 1.24 bits per heavy atom. The Labute approximate surface area is 127 Å². The molecule has 1 aliphatic carbocycles. The molecular formula is C19H25NO. The number of fused-ring (bicyclic) bond motifs is 1. The van der Waals surface area contributed by atoms with E-state index in [1.54, 1.807) is 0 Å². The average molecular weight is 283 g/mol. The number of rotatable bonds is 5. The molecule has 0 bridgehead atoms. The van der Waals surface area contributed by atoms with Crippen molar-refractivity contribution in [2.24, 2.45) is 0 Å². The molecule has 1 N–H and O–H groups in total. The van der Waals surface area contributed by atoms with Crippen LogP contribution in [0.15, 0.2) is 41.0 Å². The second-order valence-corrected chi connectivity index (χ2v) is 6.12. The van der Waals surface area contributed by atoms with Crippen LogP contribution in [0.4, 0.5) is 0 Å². The van der Waals surface area contributed by atoms with Crippen molar-refractivity contribution in [3.8, 4) is 0 Å². The van der Waals surface area contributed by atoms with E-state index in [0.717, 1.165) is 6.42 Å². The van der Waals surface area contributed by atoms with E-state index in [1.807, 2.05) is 6.26 Å². The lowest BCUT2D eigenvalue weighted by molar-refractivity contribution is 0.385. The fourth-order valence-corrected chi connectivity index (χ4v) is 3.32. The van der Waals surface area contributed by atoms with Crippen molar-refractivity contribution in [3.63, 3.8) is 0 Å². The largest absolute Gasteiger partial charge is 0.469 e. The van der Waals surface area contributed by atoms with Gasteiger partial charge in [-0.25, -0.2) is 0 Å². The van der Waals surface area contributed by atoms with E-state index in [9.17, 15) is 0 Å². The summed E-state index contributed by atoms with van der Waals surface area (Å²) in [5.74, 6) is 1.17. The first-order valence-corrected chi connectivity index (χ1v) is 8.19. The lowest BCUT2D eigenvalue weighted by atomic mass is 9.92. The van der Waals surface area contributed by atoms with Gasteiger partial charge in [-0.15, -0.1) is 0 Å². The number of benzene rings is 1. The van der Waals surface area contributed by atoms with Gasteiger partial charge < -0.3 is 9.73 Å². The Kier molecular flexibility index (Phi) is 4.45. The topological polar surface area (TPSA) is 25.2 Å². The average Bonchev–Trinajstić information content (AvgIpc) is 2.98. The van der Waals surface area contributed by atoms with Gasteiger partial charge >= 0.3 is 0 Å². The van der Waals surface area contributed by atoms with Crippen molar-refractivity contribution in [3.05, 3.63) is 59.0 Å². The molecule has 1 aromatic heterocycles. The third-order valence-electron chi connectivity index (χ3n) is 4.52. The van der Waals surface area contributed by atoms with Crippen LogP contribution in [0.3, 0.4) is 0 Å². The van der Waals surface area contributed by atoms with Gasteiger partial charge in [0, 0.05) is 24.1 Å². The monoisotopic (exact) mass is 283 g/mol. The second kappa shape index (κ2) is 6.48. The smallest absolute Gasteiger partial charge is 0.108 e. The lowest BCUT2D eigenvalue weighted by Crippen LogP contribution is -2.27. The first-order valence-electron chi connectivity index (χ1n) is 8.19. The molecule has 3 rings (SSSR count). The Morgan fingerprint density at radius 3 is 2.81 bits per heavy atom. The standard InChI is InChI=1S/C19H25NO/c1-3-5-15-8-10-16(11-9-15)14(2)20-18-6-4-7-19-17(18)12-13-21-19/h8-14,18,20H,3-7H2,1-2H3. The van der Waals surface area contributed by atoms with Crippen LogP contribution in [-0.2, 0) is 12.8 Å². The number of nitrogens with one attached hydrogen (secondary N) is 1. The fourth-order valence-electron chi connectivity index (χ4n) is 3.32. The molecule has 21 heavy (non-hydrogen) atoms. The van der Waals surface area contributed by atoms with Gasteiger partial charge in [0.05, 0.1) is 6.26 Å². The third kappa shape index (κ3) is 3.21. The molecule has 0 saturated carbocycles. The lowest BCUT2D eigenvalue weighted by Gasteiger charge is -2.26. The summed E-state index contributed by atoms with van der Waals surface area (Å²) in [5.41, 5.74) is 4.16. The highest BCUT2D eigenvalue weighted by Crippen LogP contribution is 2.32. The van der Waals surface area contributed by atoms with Gasteiger partial charge in [0.2, 0.25) is 0 Å². The molecule has 2 heteroatoms. The van der Waals surface area contributed by atoms with Crippen LogP contribution in [0, 0.1) is 0 Å². The summed E-state index contributed by atoms with van der Waals surface area (Å²) in [4.78, 5) is 0. The maximum absolute atomic E-state index is 5.58. The Morgan fingerprint density at radius 2 is 2.05 bits per heavy atom. The van der Waals surface area contributed by atoms with Crippen molar-refractivity contribution in [1.82, 2.24) is 5.32 Å². The highest BCUT2D eigenvalue weighted by molar-refractivity contribution is 5.27. The second-order valence-electron chi connectivity index (χ2n) is 6.12. The van der Waals surface area contributed by atoms with E-state index in [4.69, 9.17) is 4.42 Å². The molecule has 0 amide bonds. The van der Waals surface area contributed by atoms with Gasteiger partial charge in [0.1, 0.15) is 5.76 Å². The van der Waals surface area contributed by atoms with Crippen molar-refractivity contribution in [1.29, 1.82) is 0 Å². The summed E-state index contributed by atoms with van der Waals surface area (Å²) in [6, 6.07) is 12.0. The minimum atomic E-state index is 0.367. The Bertz CT molecular complexity index is 570. The molecule has 0 aliphatic heterocycles. The highest BCUT2D eigenvalue weighted by atomic mass is 16.3. The van der Waals surface area contributed by atoms with Crippen molar-refractivity contribution in [2.75, 3.05) is 0 Å². The molecule has 0 saturated heterocycles. The van der Waals surface area contributed by atoms with Crippen molar-refractivity contribution in [2.45, 2.75) is 58.0 Å². The van der Waals surface area contributed by atoms with Crippen LogP contribution in [0.25, 0.3) is 0 Å². The van der Waals surface area contributed by atoms with Gasteiger partial charge in [-0.1, -0.05) is 37.6 Å². The van der Waals surface area contributed by atoms with E-state index in [0.29, 0.717) is 12.1 Å². The van der Waals surface area contributed by atoms with Crippen LogP contribution < -0.4 is 5.32 Å². The van der Waals surface area contributed by atoms with Crippen molar-refractivity contribution < 1.29 is 4.42 Å². The predicted molar refractivity (Wildman–Crippen MR) is 86.4 cm³/mol. The predicted octanol–water partition coefficient (Wildman–Crippen LogP) is 4.96. The molecule has 1 aromatic carbocycles. The van der Waals surface area contributed by atoms with E-state index >= 15 is 0 Å². The summed E-state index contributed by atoms with van der Waals surface area (Å²) >= 11 is 0. The third-order valence-corrected chi connectivity index (χ3v) is 4.52. The number of hydrogen-bond donors (Lipinski definition) is 1. The molecule has 112 valence electrons. The first-order chi connectivity index (χ1) is 10.3. The molecule has 0 radical (unpaired) electrons. The first kappa shape index (κ1) is 14.4. The van der Waals surface area contributed by atoms with Crippen LogP contribution in [0.1, 0.15) is 67.6 Å². The van der Waals surface area contributed by atoms with Gasteiger partial charge in [-0.05, 0) is 43.4 Å². The molecule has 0 fully saturated rings. The van der Waals surface area contributed by atoms with Gasteiger partial charge in [0.15, 0.2) is 0 Å². The molecule has 2 aromatic rings. The zero-order valence-corrected chi connectivity index (χ0v) is 13.1. The van der Waals surface area contributed by atoms with E-state index in [1.165, 1.54) is 48.1 Å². The number of furan rings is 1. The van der Waals surface area contributed by atoms with Crippen LogP contribution in [-0.4, -0.2) is 0 Å². The van der Waals surface area contributed by atoms with Crippen LogP contribution in [0.2, 0.25) is 0 Å². The maximum atomic E-state index is 5.58. The maximum Gasteiger partial charge on any atom is 0.108 e. The summed E-state index contributed by atoms with van der Waals surface area (Å²) in [5, 5.41) is 3.77. The number of aryl methyl sites for hydroxylation is 2. The molecule has 2 atom stereocenters. The SMILES string of the molecule is CCCc1ccc(C(C)NC2CCCc3occc32)cc1. The van der Waals surface area contributed by atoms with E-state index in [2.05, 4.69) is 49.5 Å². The Balaban J connectivity index is 1.68. The molecule has 1 aliphatic rings. The van der Waals surface area contributed by atoms with Gasteiger partial charge in [0.25, 0.3) is 0 Å². The zero-order valence-electron chi connectivity index (χ0n) is 13.1. The van der Waals surface area contributed by atoms with Crippen LogP contribution in [0.5, 0.6) is 0 Å². The minimum absolute atomic E-state index is 0.367. The zero-order chi connectivity index (χ0) is 14.7. The molecular weight excluding hydrogens is 258 g/mol.